The van der Waals surface area contributed by atoms with Gasteiger partial charge in [0.15, 0.2) is 0 Å². The van der Waals surface area contributed by atoms with Gasteiger partial charge in [0.2, 0.25) is 5.69 Å². The van der Waals surface area contributed by atoms with Crippen molar-refractivity contribution in [3.8, 4) is 0 Å². The highest BCUT2D eigenvalue weighted by molar-refractivity contribution is 8.67. The predicted octanol–water partition coefficient (Wildman–Crippen LogP) is 2.07. The first-order valence-electron chi connectivity index (χ1n) is 3.23. The van der Waals surface area contributed by atoms with Crippen LogP contribution in [0.3, 0.4) is 0 Å². The Morgan fingerprint density at radius 3 is 2.27 bits per heavy atom. The largest absolute Gasteiger partial charge is 0.338 e. The summed E-state index contributed by atoms with van der Waals surface area (Å²) in [4.78, 5) is 17.6. The van der Waals surface area contributed by atoms with Crippen molar-refractivity contribution in [3.05, 3.63) is 0 Å². The van der Waals surface area contributed by atoms with E-state index in [2.05, 4.69) is 25.7 Å². The van der Waals surface area contributed by atoms with Crippen LogP contribution in [0, 0.1) is 0 Å². The molecule has 0 radical (unpaired) electrons. The summed E-state index contributed by atoms with van der Waals surface area (Å²) >= 11 is 7.33. The van der Waals surface area contributed by atoms with Crippen LogP contribution in [0.5, 0.6) is 0 Å². The maximum absolute atomic E-state index is 8.82. The summed E-state index contributed by atoms with van der Waals surface area (Å²) in [7, 11) is 0. The molecule has 2 nitrogen and oxygen atoms in total. The van der Waals surface area contributed by atoms with Crippen LogP contribution >= 0.6 is 28.8 Å². The van der Waals surface area contributed by atoms with Crippen LogP contribution in [0.1, 0.15) is 13.8 Å². The highest BCUT2D eigenvalue weighted by Crippen LogP contribution is 2.50. The quantitative estimate of drug-likeness (QED) is 0.561. The summed E-state index contributed by atoms with van der Waals surface area (Å²) in [5.41, 5.74) is -2.99. The number of hydrogen-bond donors (Lipinski definition) is 2. The minimum absolute atomic E-state index is 0.603. The monoisotopic (exact) mass is 232 g/mol. The van der Waals surface area contributed by atoms with E-state index in [0.29, 0.717) is 5.25 Å². The van der Waals surface area contributed by atoms with Crippen LogP contribution in [-0.2, 0) is 11.8 Å². The third-order valence-corrected chi connectivity index (χ3v) is 5.39. The number of rotatable bonds is 5. The van der Waals surface area contributed by atoms with Gasteiger partial charge in [-0.1, -0.05) is 25.2 Å². The lowest BCUT2D eigenvalue weighted by molar-refractivity contribution is 0.502. The highest BCUT2D eigenvalue weighted by atomic mass is 32.9. The lowest BCUT2D eigenvalue weighted by Gasteiger charge is -2.07. The van der Waals surface area contributed by atoms with E-state index < -0.39 is 5.69 Å². The molecule has 2 N–H and O–H groups in total. The Bertz CT molecular complexity index is 145. The Labute approximate surface area is 81.1 Å². The maximum atomic E-state index is 8.82. The van der Waals surface area contributed by atoms with Crippen LogP contribution in [-0.4, -0.2) is 26.5 Å². The minimum Gasteiger partial charge on any atom is -0.338 e. The summed E-state index contributed by atoms with van der Waals surface area (Å²) < 4.78 is 0. The van der Waals surface area contributed by atoms with Gasteiger partial charge in [-0.3, -0.25) is 0 Å². The fraction of sp³-hybridized carbons (Fsp3) is 1.00. The molecule has 0 atom stereocenters. The van der Waals surface area contributed by atoms with Crippen molar-refractivity contribution in [1.29, 1.82) is 0 Å². The van der Waals surface area contributed by atoms with Crippen molar-refractivity contribution in [2.75, 3.05) is 11.5 Å². The Morgan fingerprint density at radius 2 is 1.91 bits per heavy atom. The second kappa shape index (κ2) is 5.84. The van der Waals surface area contributed by atoms with Crippen LogP contribution in [0.4, 0.5) is 0 Å². The van der Waals surface area contributed by atoms with E-state index in [1.807, 2.05) is 0 Å². The third kappa shape index (κ3) is 11.3. The molecule has 0 spiro atoms. The Morgan fingerprint density at radius 1 is 1.36 bits per heavy atom. The number of thioether (sulfide) groups is 1. The fourth-order valence-corrected chi connectivity index (χ4v) is 3.89. The van der Waals surface area contributed by atoms with Crippen LogP contribution in [0.2, 0.25) is 0 Å². The molecule has 0 aromatic heterocycles. The normalized spacial score (nSPS) is 12.5. The van der Waals surface area contributed by atoms with Crippen molar-refractivity contribution < 1.29 is 9.79 Å². The Kier molecular flexibility index (Phi) is 6.51. The second-order valence-electron chi connectivity index (χ2n) is 2.24. The highest BCUT2D eigenvalue weighted by Gasteiger charge is 2.06. The molecule has 0 aliphatic carbocycles. The molecule has 0 bridgehead atoms. The average Bonchev–Trinajstić information content (AvgIpc) is 1.78. The Hall–Kier alpha value is 1.27. The summed E-state index contributed by atoms with van der Waals surface area (Å²) in [6, 6.07) is 0. The van der Waals surface area contributed by atoms with E-state index in [1.54, 1.807) is 11.8 Å². The molecule has 11 heavy (non-hydrogen) atoms. The first-order valence-corrected chi connectivity index (χ1v) is 8.58. The fourth-order valence-electron chi connectivity index (χ4n) is 0.440. The minimum atomic E-state index is -2.99. The summed E-state index contributed by atoms with van der Waals surface area (Å²) in [5, 5.41) is 0.603. The second-order valence-corrected chi connectivity index (χ2v) is 10.1. The van der Waals surface area contributed by atoms with E-state index >= 15 is 0 Å². The van der Waals surface area contributed by atoms with Gasteiger partial charge in [0, 0.05) is 11.5 Å². The molecule has 0 unspecified atom stereocenters. The first-order chi connectivity index (χ1) is 4.92. The maximum Gasteiger partial charge on any atom is 0.242 e. The van der Waals surface area contributed by atoms with Gasteiger partial charge in [-0.25, -0.2) is 0 Å². The molecule has 0 amide bonds. The van der Waals surface area contributed by atoms with Crippen LogP contribution in [0.25, 0.3) is 0 Å². The van der Waals surface area contributed by atoms with Crippen LogP contribution in [0.15, 0.2) is 0 Å². The van der Waals surface area contributed by atoms with E-state index in [4.69, 9.17) is 9.79 Å². The average molecular weight is 232 g/mol. The standard InChI is InChI=1S/C5H13O2PS3/c1-5(2)10-3-4-11-8(6,7)9/h5H,3-4H2,1-2H3,(H2,6,7,9). The molecular weight excluding hydrogens is 219 g/mol. The zero-order valence-corrected chi connectivity index (χ0v) is 9.90. The lowest BCUT2D eigenvalue weighted by atomic mass is 10.6. The zero-order chi connectivity index (χ0) is 8.91. The van der Waals surface area contributed by atoms with Crippen molar-refractivity contribution in [2.24, 2.45) is 0 Å². The van der Waals surface area contributed by atoms with Gasteiger partial charge in [0.05, 0.1) is 0 Å². The van der Waals surface area contributed by atoms with Gasteiger partial charge >= 0.3 is 0 Å². The smallest absolute Gasteiger partial charge is 0.242 e. The van der Waals surface area contributed by atoms with Crippen molar-refractivity contribution in [1.82, 2.24) is 0 Å². The molecule has 0 heterocycles. The van der Waals surface area contributed by atoms with Gasteiger partial charge in [0.1, 0.15) is 0 Å². The van der Waals surface area contributed by atoms with Crippen molar-refractivity contribution >= 4 is 40.6 Å². The van der Waals surface area contributed by atoms with E-state index in [9.17, 15) is 0 Å². The van der Waals surface area contributed by atoms with Crippen molar-refractivity contribution in [2.45, 2.75) is 19.1 Å². The molecular formula is C5H13O2PS3. The molecule has 0 aromatic carbocycles. The van der Waals surface area contributed by atoms with E-state index in [-0.39, 0.29) is 0 Å². The third-order valence-electron chi connectivity index (χ3n) is 0.794. The molecule has 0 rings (SSSR count). The summed E-state index contributed by atoms with van der Waals surface area (Å²) in [5.74, 6) is 1.66. The molecule has 0 fully saturated rings. The van der Waals surface area contributed by atoms with E-state index in [1.165, 1.54) is 0 Å². The predicted molar refractivity (Wildman–Crippen MR) is 58.8 cm³/mol. The van der Waals surface area contributed by atoms with Gasteiger partial charge < -0.3 is 9.79 Å². The summed E-state index contributed by atoms with van der Waals surface area (Å²) in [6.45, 7) is 4.23. The molecule has 0 saturated carbocycles. The zero-order valence-electron chi connectivity index (χ0n) is 6.56. The molecule has 0 saturated heterocycles. The molecule has 0 aliphatic rings. The molecule has 6 heteroatoms. The summed E-state index contributed by atoms with van der Waals surface area (Å²) in [6.07, 6.45) is 0. The molecule has 68 valence electrons. The topological polar surface area (TPSA) is 40.5 Å². The van der Waals surface area contributed by atoms with E-state index in [0.717, 1.165) is 22.9 Å². The number of hydrogen-bond acceptors (Lipinski definition) is 3. The van der Waals surface area contributed by atoms with Gasteiger partial charge in [-0.05, 0) is 17.1 Å². The van der Waals surface area contributed by atoms with Crippen molar-refractivity contribution in [3.63, 3.8) is 0 Å². The van der Waals surface area contributed by atoms with Gasteiger partial charge in [-0.15, -0.1) is 0 Å². The SMILES string of the molecule is CC(C)SCCSP(O)(O)=S. The van der Waals surface area contributed by atoms with Gasteiger partial charge in [-0.2, -0.15) is 11.8 Å². The first kappa shape index (κ1) is 12.3. The van der Waals surface area contributed by atoms with Crippen LogP contribution < -0.4 is 0 Å². The molecule has 0 aromatic rings. The van der Waals surface area contributed by atoms with Gasteiger partial charge in [0.25, 0.3) is 0 Å². The lowest BCUT2D eigenvalue weighted by Crippen LogP contribution is -1.91. The molecule has 0 aliphatic heterocycles. The Balaban J connectivity index is 3.22.